The largest absolute Gasteiger partial charge is 0.398 e. The molecule has 2 rings (SSSR count). The van der Waals surface area contributed by atoms with Crippen molar-refractivity contribution in [3.63, 3.8) is 0 Å². The number of rotatable bonds is 2. The lowest BCUT2D eigenvalue weighted by molar-refractivity contribution is 1.50. The van der Waals surface area contributed by atoms with Crippen molar-refractivity contribution in [1.82, 2.24) is 0 Å². The van der Waals surface area contributed by atoms with Crippen LogP contribution in [0.3, 0.4) is 0 Å². The molecular weight excluding hydrogens is 198 g/mol. The Hall–Kier alpha value is -2.16. The molecule has 0 saturated heterocycles. The van der Waals surface area contributed by atoms with E-state index >= 15 is 0 Å². The van der Waals surface area contributed by atoms with E-state index in [1.54, 1.807) is 0 Å². The molecule has 16 heavy (non-hydrogen) atoms. The van der Waals surface area contributed by atoms with E-state index in [-0.39, 0.29) is 0 Å². The van der Waals surface area contributed by atoms with Crippen molar-refractivity contribution in [1.29, 1.82) is 0 Å². The number of nitrogens with one attached hydrogen (secondary N) is 1. The third-order valence-electron chi connectivity index (χ3n) is 2.60. The summed E-state index contributed by atoms with van der Waals surface area (Å²) in [6.45, 7) is 0. The van der Waals surface area contributed by atoms with Crippen molar-refractivity contribution in [2.75, 3.05) is 23.8 Å². The maximum atomic E-state index is 6.00. The second kappa shape index (κ2) is 4.14. The molecule has 2 aromatic rings. The first-order chi connectivity index (χ1) is 7.74. The molecular formula is C13H15N3. The first kappa shape index (κ1) is 10.4. The summed E-state index contributed by atoms with van der Waals surface area (Å²) in [6.07, 6.45) is 0. The summed E-state index contributed by atoms with van der Waals surface area (Å²) < 4.78 is 0. The number of nitrogens with two attached hydrogens (primary N) is 2. The van der Waals surface area contributed by atoms with Crippen LogP contribution in [0.15, 0.2) is 42.5 Å². The van der Waals surface area contributed by atoms with E-state index in [1.807, 2.05) is 49.5 Å². The molecule has 0 spiro atoms. The molecule has 3 heteroatoms. The highest BCUT2D eigenvalue weighted by atomic mass is 14.8. The molecule has 0 unspecified atom stereocenters. The zero-order chi connectivity index (χ0) is 11.5. The van der Waals surface area contributed by atoms with E-state index in [1.165, 1.54) is 0 Å². The monoisotopic (exact) mass is 213 g/mol. The lowest BCUT2D eigenvalue weighted by Gasteiger charge is -2.13. The van der Waals surface area contributed by atoms with E-state index in [2.05, 4.69) is 5.32 Å². The molecule has 82 valence electrons. The highest BCUT2D eigenvalue weighted by Crippen LogP contribution is 2.36. The Morgan fingerprint density at radius 1 is 0.875 bits per heavy atom. The van der Waals surface area contributed by atoms with Crippen molar-refractivity contribution in [3.05, 3.63) is 42.5 Å². The van der Waals surface area contributed by atoms with Crippen LogP contribution in [0, 0.1) is 0 Å². The number of para-hydroxylation sites is 1. The normalized spacial score (nSPS) is 10.1. The molecule has 2 aromatic carbocycles. The molecule has 0 saturated carbocycles. The van der Waals surface area contributed by atoms with Crippen LogP contribution in [0.2, 0.25) is 0 Å². The van der Waals surface area contributed by atoms with E-state index in [0.29, 0.717) is 0 Å². The van der Waals surface area contributed by atoms with Gasteiger partial charge in [-0.2, -0.15) is 0 Å². The second-order valence-corrected chi connectivity index (χ2v) is 3.61. The third-order valence-corrected chi connectivity index (χ3v) is 2.60. The highest BCUT2D eigenvalue weighted by molar-refractivity contribution is 5.92. The summed E-state index contributed by atoms with van der Waals surface area (Å²) >= 11 is 0. The van der Waals surface area contributed by atoms with Gasteiger partial charge in [0.15, 0.2) is 0 Å². The summed E-state index contributed by atoms with van der Waals surface area (Å²) in [5.74, 6) is 0. The molecule has 0 radical (unpaired) electrons. The molecule has 0 amide bonds. The van der Waals surface area contributed by atoms with Crippen LogP contribution in [0.5, 0.6) is 0 Å². The molecule has 3 nitrogen and oxygen atoms in total. The summed E-state index contributed by atoms with van der Waals surface area (Å²) in [5.41, 5.74) is 16.3. The molecule has 0 aliphatic carbocycles. The minimum atomic E-state index is 0.727. The number of anilines is 3. The van der Waals surface area contributed by atoms with E-state index in [9.17, 15) is 0 Å². The highest BCUT2D eigenvalue weighted by Gasteiger charge is 2.09. The molecule has 0 bridgehead atoms. The Balaban J connectivity index is 2.68. The standard InChI is InChI=1S/C13H15N3/c1-16-12-8-4-7-11(15)13(12)9-5-2-3-6-10(9)14/h2-8,16H,14-15H2,1H3. The smallest absolute Gasteiger partial charge is 0.0438 e. The Labute approximate surface area is 95.1 Å². The van der Waals surface area contributed by atoms with Gasteiger partial charge in [0.25, 0.3) is 0 Å². The van der Waals surface area contributed by atoms with Gasteiger partial charge in [0.2, 0.25) is 0 Å². The van der Waals surface area contributed by atoms with Crippen molar-refractivity contribution in [2.24, 2.45) is 0 Å². The second-order valence-electron chi connectivity index (χ2n) is 3.61. The number of hydrogen-bond donors (Lipinski definition) is 3. The van der Waals surface area contributed by atoms with E-state index in [0.717, 1.165) is 28.2 Å². The maximum absolute atomic E-state index is 6.00. The predicted molar refractivity (Wildman–Crippen MR) is 70.2 cm³/mol. The van der Waals surface area contributed by atoms with Gasteiger partial charge < -0.3 is 16.8 Å². The quantitative estimate of drug-likeness (QED) is 0.672. The predicted octanol–water partition coefficient (Wildman–Crippen LogP) is 2.56. The zero-order valence-corrected chi connectivity index (χ0v) is 9.20. The van der Waals surface area contributed by atoms with Crippen molar-refractivity contribution in [3.8, 4) is 11.1 Å². The zero-order valence-electron chi connectivity index (χ0n) is 9.20. The fourth-order valence-electron chi connectivity index (χ4n) is 1.80. The van der Waals surface area contributed by atoms with Crippen LogP contribution in [-0.4, -0.2) is 7.05 Å². The first-order valence-corrected chi connectivity index (χ1v) is 5.15. The summed E-state index contributed by atoms with van der Waals surface area (Å²) in [6, 6.07) is 13.5. The van der Waals surface area contributed by atoms with Gasteiger partial charge >= 0.3 is 0 Å². The van der Waals surface area contributed by atoms with Crippen LogP contribution in [0.1, 0.15) is 0 Å². The first-order valence-electron chi connectivity index (χ1n) is 5.15. The Morgan fingerprint density at radius 2 is 1.56 bits per heavy atom. The van der Waals surface area contributed by atoms with Gasteiger partial charge in [-0.3, -0.25) is 0 Å². The van der Waals surface area contributed by atoms with Gasteiger partial charge in [0.1, 0.15) is 0 Å². The van der Waals surface area contributed by atoms with Crippen LogP contribution in [-0.2, 0) is 0 Å². The average molecular weight is 213 g/mol. The topological polar surface area (TPSA) is 64.1 Å². The Kier molecular flexibility index (Phi) is 2.68. The minimum Gasteiger partial charge on any atom is -0.398 e. The van der Waals surface area contributed by atoms with Gasteiger partial charge in [-0.1, -0.05) is 24.3 Å². The number of hydrogen-bond acceptors (Lipinski definition) is 3. The van der Waals surface area contributed by atoms with Crippen LogP contribution < -0.4 is 16.8 Å². The van der Waals surface area contributed by atoms with Crippen LogP contribution in [0.25, 0.3) is 11.1 Å². The minimum absolute atomic E-state index is 0.727. The number of benzene rings is 2. The molecule has 0 aliphatic rings. The van der Waals surface area contributed by atoms with Crippen molar-refractivity contribution in [2.45, 2.75) is 0 Å². The SMILES string of the molecule is CNc1cccc(N)c1-c1ccccc1N. The summed E-state index contributed by atoms with van der Waals surface area (Å²) in [7, 11) is 1.87. The summed E-state index contributed by atoms with van der Waals surface area (Å²) in [4.78, 5) is 0. The molecule has 0 aromatic heterocycles. The van der Waals surface area contributed by atoms with Crippen molar-refractivity contribution < 1.29 is 0 Å². The van der Waals surface area contributed by atoms with E-state index < -0.39 is 0 Å². The molecule has 0 fully saturated rings. The fourth-order valence-corrected chi connectivity index (χ4v) is 1.80. The van der Waals surface area contributed by atoms with E-state index in [4.69, 9.17) is 11.5 Å². The average Bonchev–Trinajstić information content (AvgIpc) is 2.30. The van der Waals surface area contributed by atoms with Gasteiger partial charge in [-0.25, -0.2) is 0 Å². The van der Waals surface area contributed by atoms with Crippen molar-refractivity contribution >= 4 is 17.1 Å². The molecule has 0 aliphatic heterocycles. The Bertz CT molecular complexity index is 506. The number of nitrogen functional groups attached to an aromatic ring is 2. The van der Waals surface area contributed by atoms with Gasteiger partial charge in [0.05, 0.1) is 0 Å². The summed E-state index contributed by atoms with van der Waals surface area (Å²) in [5, 5.41) is 3.13. The Morgan fingerprint density at radius 3 is 2.25 bits per heavy atom. The third kappa shape index (κ3) is 1.67. The van der Waals surface area contributed by atoms with Crippen LogP contribution >= 0.6 is 0 Å². The lowest BCUT2D eigenvalue weighted by atomic mass is 10.00. The molecule has 5 N–H and O–H groups in total. The van der Waals surface area contributed by atoms with Gasteiger partial charge in [-0.15, -0.1) is 0 Å². The maximum Gasteiger partial charge on any atom is 0.0438 e. The van der Waals surface area contributed by atoms with Gasteiger partial charge in [0, 0.05) is 35.2 Å². The van der Waals surface area contributed by atoms with Crippen LogP contribution in [0.4, 0.5) is 17.1 Å². The lowest BCUT2D eigenvalue weighted by Crippen LogP contribution is -1.99. The van der Waals surface area contributed by atoms with Gasteiger partial charge in [-0.05, 0) is 18.2 Å². The molecule has 0 atom stereocenters. The fraction of sp³-hybridized carbons (Fsp3) is 0.0769. The molecule has 0 heterocycles.